The standard InChI is InChI=1S/C11H22N4/c1-4-10-13-11(5-2)15(14-10)9-7-6-8-12-3/h12H,4-9H2,1-3H3. The summed E-state index contributed by atoms with van der Waals surface area (Å²) in [6, 6.07) is 0. The zero-order chi connectivity index (χ0) is 11.1. The van der Waals surface area contributed by atoms with Gasteiger partial charge in [-0.05, 0) is 26.4 Å². The van der Waals surface area contributed by atoms with Crippen LogP contribution in [-0.4, -0.2) is 28.4 Å². The number of hydrogen-bond acceptors (Lipinski definition) is 3. The normalized spacial score (nSPS) is 10.9. The Morgan fingerprint density at radius 1 is 1.20 bits per heavy atom. The molecular weight excluding hydrogens is 188 g/mol. The Bertz CT molecular complexity index is 280. The molecule has 0 amide bonds. The summed E-state index contributed by atoms with van der Waals surface area (Å²) in [5.74, 6) is 2.09. The second-order valence-electron chi connectivity index (χ2n) is 3.69. The second-order valence-corrected chi connectivity index (χ2v) is 3.69. The zero-order valence-electron chi connectivity index (χ0n) is 10.1. The van der Waals surface area contributed by atoms with E-state index in [2.05, 4.69) is 33.9 Å². The number of hydrogen-bond donors (Lipinski definition) is 1. The number of nitrogens with zero attached hydrogens (tertiary/aromatic N) is 3. The van der Waals surface area contributed by atoms with E-state index in [0.29, 0.717) is 0 Å². The lowest BCUT2D eigenvalue weighted by molar-refractivity contribution is 0.526. The Morgan fingerprint density at radius 2 is 2.00 bits per heavy atom. The van der Waals surface area contributed by atoms with Crippen molar-refractivity contribution in [3.8, 4) is 0 Å². The van der Waals surface area contributed by atoms with E-state index in [0.717, 1.165) is 37.6 Å². The van der Waals surface area contributed by atoms with E-state index in [-0.39, 0.29) is 0 Å². The van der Waals surface area contributed by atoms with Crippen molar-refractivity contribution in [2.75, 3.05) is 13.6 Å². The molecule has 0 atom stereocenters. The van der Waals surface area contributed by atoms with Gasteiger partial charge in [-0.3, -0.25) is 0 Å². The van der Waals surface area contributed by atoms with Gasteiger partial charge in [-0.25, -0.2) is 9.67 Å². The summed E-state index contributed by atoms with van der Waals surface area (Å²) >= 11 is 0. The highest BCUT2D eigenvalue weighted by Gasteiger charge is 2.05. The van der Waals surface area contributed by atoms with Gasteiger partial charge in [-0.1, -0.05) is 13.8 Å². The molecule has 4 nitrogen and oxygen atoms in total. The van der Waals surface area contributed by atoms with E-state index in [4.69, 9.17) is 0 Å². The van der Waals surface area contributed by atoms with Gasteiger partial charge in [0.2, 0.25) is 0 Å². The third kappa shape index (κ3) is 3.63. The lowest BCUT2D eigenvalue weighted by atomic mass is 10.3. The summed E-state index contributed by atoms with van der Waals surface area (Å²) < 4.78 is 2.06. The van der Waals surface area contributed by atoms with Gasteiger partial charge in [0.25, 0.3) is 0 Å². The van der Waals surface area contributed by atoms with Crippen LogP contribution in [-0.2, 0) is 19.4 Å². The van der Waals surface area contributed by atoms with Gasteiger partial charge in [-0.15, -0.1) is 0 Å². The number of nitrogens with one attached hydrogen (secondary N) is 1. The second kappa shape index (κ2) is 6.56. The molecule has 0 aliphatic carbocycles. The van der Waals surface area contributed by atoms with Crippen molar-refractivity contribution in [1.82, 2.24) is 20.1 Å². The third-order valence-electron chi connectivity index (χ3n) is 2.47. The van der Waals surface area contributed by atoms with E-state index >= 15 is 0 Å². The fourth-order valence-electron chi connectivity index (χ4n) is 1.58. The van der Waals surface area contributed by atoms with Gasteiger partial charge in [0.05, 0.1) is 0 Å². The van der Waals surface area contributed by atoms with Crippen molar-refractivity contribution in [1.29, 1.82) is 0 Å². The first-order chi connectivity index (χ1) is 7.31. The maximum absolute atomic E-state index is 4.48. The molecular formula is C11H22N4. The smallest absolute Gasteiger partial charge is 0.150 e. The van der Waals surface area contributed by atoms with Crippen LogP contribution in [0.5, 0.6) is 0 Å². The SMILES string of the molecule is CCc1nc(CC)n(CCCCNC)n1. The van der Waals surface area contributed by atoms with Crippen molar-refractivity contribution >= 4 is 0 Å². The van der Waals surface area contributed by atoms with E-state index in [1.54, 1.807) is 0 Å². The Hall–Kier alpha value is -0.900. The first-order valence-corrected chi connectivity index (χ1v) is 5.89. The quantitative estimate of drug-likeness (QED) is 0.692. The summed E-state index contributed by atoms with van der Waals surface area (Å²) in [7, 11) is 1.99. The van der Waals surface area contributed by atoms with Crippen molar-refractivity contribution in [2.24, 2.45) is 0 Å². The summed E-state index contributed by atoms with van der Waals surface area (Å²) in [6.45, 7) is 6.31. The fourth-order valence-corrected chi connectivity index (χ4v) is 1.58. The topological polar surface area (TPSA) is 42.7 Å². The highest BCUT2D eigenvalue weighted by molar-refractivity contribution is 4.92. The fraction of sp³-hybridized carbons (Fsp3) is 0.818. The largest absolute Gasteiger partial charge is 0.320 e. The molecule has 0 unspecified atom stereocenters. The molecule has 1 aromatic heterocycles. The van der Waals surface area contributed by atoms with Crippen molar-refractivity contribution in [3.05, 3.63) is 11.6 Å². The van der Waals surface area contributed by atoms with Crippen LogP contribution in [0.25, 0.3) is 0 Å². The first-order valence-electron chi connectivity index (χ1n) is 5.89. The number of unbranched alkanes of at least 4 members (excludes halogenated alkanes) is 1. The van der Waals surface area contributed by atoms with Crippen molar-refractivity contribution in [2.45, 2.75) is 46.1 Å². The van der Waals surface area contributed by atoms with Gasteiger partial charge in [0.15, 0.2) is 5.82 Å². The van der Waals surface area contributed by atoms with Crippen LogP contribution in [0.1, 0.15) is 38.3 Å². The van der Waals surface area contributed by atoms with E-state index < -0.39 is 0 Å². The molecule has 86 valence electrons. The monoisotopic (exact) mass is 210 g/mol. The summed E-state index contributed by atoms with van der Waals surface area (Å²) in [6.07, 6.45) is 4.26. The van der Waals surface area contributed by atoms with Crippen LogP contribution in [0, 0.1) is 0 Å². The minimum Gasteiger partial charge on any atom is -0.320 e. The molecule has 1 heterocycles. The molecule has 0 radical (unpaired) electrons. The minimum atomic E-state index is 0.927. The molecule has 15 heavy (non-hydrogen) atoms. The van der Waals surface area contributed by atoms with E-state index in [1.165, 1.54) is 12.8 Å². The van der Waals surface area contributed by atoms with Crippen LogP contribution in [0.2, 0.25) is 0 Å². The Balaban J connectivity index is 2.47. The van der Waals surface area contributed by atoms with Gasteiger partial charge >= 0.3 is 0 Å². The molecule has 0 aliphatic heterocycles. The van der Waals surface area contributed by atoms with Gasteiger partial charge in [0.1, 0.15) is 5.82 Å². The van der Waals surface area contributed by atoms with Crippen molar-refractivity contribution in [3.63, 3.8) is 0 Å². The molecule has 1 rings (SSSR count). The zero-order valence-corrected chi connectivity index (χ0v) is 10.1. The van der Waals surface area contributed by atoms with E-state index in [1.807, 2.05) is 7.05 Å². The number of rotatable bonds is 7. The average Bonchev–Trinajstić information content (AvgIpc) is 2.67. The predicted octanol–water partition coefficient (Wildman–Crippen LogP) is 1.40. The van der Waals surface area contributed by atoms with Crippen LogP contribution in [0.4, 0.5) is 0 Å². The molecule has 0 saturated carbocycles. The average molecular weight is 210 g/mol. The van der Waals surface area contributed by atoms with Crippen LogP contribution in [0.15, 0.2) is 0 Å². The molecule has 1 N–H and O–H groups in total. The van der Waals surface area contributed by atoms with E-state index in [9.17, 15) is 0 Å². The maximum Gasteiger partial charge on any atom is 0.150 e. The van der Waals surface area contributed by atoms with Gasteiger partial charge in [-0.2, -0.15) is 5.10 Å². The highest BCUT2D eigenvalue weighted by atomic mass is 15.3. The Kier molecular flexibility index (Phi) is 5.32. The highest BCUT2D eigenvalue weighted by Crippen LogP contribution is 2.03. The molecule has 1 aromatic rings. The Labute approximate surface area is 92.1 Å². The van der Waals surface area contributed by atoms with Gasteiger partial charge < -0.3 is 5.32 Å². The molecule has 0 aliphatic rings. The summed E-state index contributed by atoms with van der Waals surface area (Å²) in [5.41, 5.74) is 0. The molecule has 0 bridgehead atoms. The Morgan fingerprint density at radius 3 is 2.60 bits per heavy atom. The first kappa shape index (κ1) is 12.2. The summed E-state index contributed by atoms with van der Waals surface area (Å²) in [4.78, 5) is 4.48. The third-order valence-corrected chi connectivity index (χ3v) is 2.47. The van der Waals surface area contributed by atoms with Crippen LogP contribution < -0.4 is 5.32 Å². The lowest BCUT2D eigenvalue weighted by Gasteiger charge is -2.03. The van der Waals surface area contributed by atoms with Crippen LogP contribution in [0.3, 0.4) is 0 Å². The molecule has 4 heteroatoms. The van der Waals surface area contributed by atoms with Crippen molar-refractivity contribution < 1.29 is 0 Å². The minimum absolute atomic E-state index is 0.927. The molecule has 0 aromatic carbocycles. The number of aromatic nitrogens is 3. The molecule has 0 spiro atoms. The maximum atomic E-state index is 4.48. The number of aryl methyl sites for hydroxylation is 3. The lowest BCUT2D eigenvalue weighted by Crippen LogP contribution is -2.10. The van der Waals surface area contributed by atoms with Gasteiger partial charge in [0, 0.05) is 19.4 Å². The summed E-state index contributed by atoms with van der Waals surface area (Å²) in [5, 5.41) is 7.64. The van der Waals surface area contributed by atoms with Crippen LogP contribution >= 0.6 is 0 Å². The molecule has 0 saturated heterocycles. The predicted molar refractivity (Wildman–Crippen MR) is 61.9 cm³/mol. The molecule has 0 fully saturated rings.